The average Bonchev–Trinajstić information content (AvgIpc) is 3.27. The number of hydrogen-bond acceptors (Lipinski definition) is 6. The van der Waals surface area contributed by atoms with E-state index in [4.69, 9.17) is 4.74 Å². The molecular formula is C23H24N4O2S. The van der Waals surface area contributed by atoms with Crippen molar-refractivity contribution in [3.8, 4) is 17.1 Å². The van der Waals surface area contributed by atoms with Gasteiger partial charge in [0, 0.05) is 25.3 Å². The van der Waals surface area contributed by atoms with Gasteiger partial charge in [-0.15, -0.1) is 5.10 Å². The number of nitrogens with zero attached hydrogens (tertiary/aromatic N) is 4. The standard InChI is InChI=1S/C23H24N4O2S/c1-15(2)14-29-19-11-7-17(8-12-19)21-24-23-27(25-21)22(28)20(30-23)13-16-5-9-18(10-6-16)26(3)4/h5-13,15H,14H2,1-4H3. The van der Waals surface area contributed by atoms with Gasteiger partial charge in [0.25, 0.3) is 5.56 Å². The van der Waals surface area contributed by atoms with E-state index in [1.165, 1.54) is 15.9 Å². The minimum atomic E-state index is -0.151. The van der Waals surface area contributed by atoms with E-state index >= 15 is 0 Å². The summed E-state index contributed by atoms with van der Waals surface area (Å²) in [7, 11) is 4.00. The van der Waals surface area contributed by atoms with Crippen LogP contribution in [0.4, 0.5) is 5.69 Å². The number of thiazole rings is 1. The smallest absolute Gasteiger partial charge is 0.291 e. The first-order chi connectivity index (χ1) is 14.4. The second-order valence-corrected chi connectivity index (χ2v) is 8.77. The van der Waals surface area contributed by atoms with Crippen molar-refractivity contribution in [3.05, 3.63) is 69.0 Å². The first-order valence-corrected chi connectivity index (χ1v) is 10.6. The predicted octanol–water partition coefficient (Wildman–Crippen LogP) is 3.47. The third kappa shape index (κ3) is 4.21. The van der Waals surface area contributed by atoms with Crippen LogP contribution in [-0.2, 0) is 0 Å². The van der Waals surface area contributed by atoms with Crippen molar-refractivity contribution < 1.29 is 4.74 Å². The monoisotopic (exact) mass is 420 g/mol. The molecule has 2 heterocycles. The van der Waals surface area contributed by atoms with Crippen molar-refractivity contribution in [2.24, 2.45) is 5.92 Å². The van der Waals surface area contributed by atoms with Gasteiger partial charge in [-0.3, -0.25) is 4.79 Å². The first-order valence-electron chi connectivity index (χ1n) is 9.82. The molecule has 0 aliphatic carbocycles. The highest BCUT2D eigenvalue weighted by molar-refractivity contribution is 7.15. The van der Waals surface area contributed by atoms with E-state index in [1.54, 1.807) is 0 Å². The summed E-state index contributed by atoms with van der Waals surface area (Å²) in [4.78, 5) is 19.9. The third-order valence-corrected chi connectivity index (χ3v) is 5.54. The van der Waals surface area contributed by atoms with Crippen molar-refractivity contribution in [2.45, 2.75) is 13.8 Å². The zero-order chi connectivity index (χ0) is 21.3. The Kier molecular flexibility index (Phi) is 5.55. The molecule has 0 saturated carbocycles. The maximum atomic E-state index is 12.8. The van der Waals surface area contributed by atoms with Gasteiger partial charge in [-0.1, -0.05) is 37.3 Å². The molecule has 0 aliphatic heterocycles. The Balaban J connectivity index is 1.60. The van der Waals surface area contributed by atoms with Gasteiger partial charge in [0.2, 0.25) is 4.96 Å². The molecule has 0 radical (unpaired) electrons. The van der Waals surface area contributed by atoms with Crippen LogP contribution < -0.4 is 19.7 Å². The molecule has 0 spiro atoms. The maximum Gasteiger partial charge on any atom is 0.291 e. The van der Waals surface area contributed by atoms with Crippen LogP contribution in [0.2, 0.25) is 0 Å². The van der Waals surface area contributed by atoms with Crippen LogP contribution in [0.15, 0.2) is 53.3 Å². The number of ether oxygens (including phenoxy) is 1. The molecule has 0 N–H and O–H groups in total. The van der Waals surface area contributed by atoms with Crippen LogP contribution >= 0.6 is 11.3 Å². The molecule has 154 valence electrons. The lowest BCUT2D eigenvalue weighted by Crippen LogP contribution is -2.23. The molecule has 7 heteroatoms. The van der Waals surface area contributed by atoms with Crippen molar-refractivity contribution in [2.75, 3.05) is 25.6 Å². The van der Waals surface area contributed by atoms with E-state index < -0.39 is 0 Å². The van der Waals surface area contributed by atoms with Gasteiger partial charge in [0.15, 0.2) is 5.82 Å². The Morgan fingerprint density at radius 2 is 1.80 bits per heavy atom. The summed E-state index contributed by atoms with van der Waals surface area (Å²) in [6.45, 7) is 4.90. The van der Waals surface area contributed by atoms with Crippen LogP contribution in [0.5, 0.6) is 5.75 Å². The summed E-state index contributed by atoms with van der Waals surface area (Å²) in [6.07, 6.45) is 1.88. The van der Waals surface area contributed by atoms with E-state index in [1.807, 2.05) is 73.6 Å². The van der Waals surface area contributed by atoms with Gasteiger partial charge in [-0.05, 0) is 54.0 Å². The summed E-state index contributed by atoms with van der Waals surface area (Å²) in [5.74, 6) is 1.82. The van der Waals surface area contributed by atoms with Crippen LogP contribution in [0.1, 0.15) is 19.4 Å². The summed E-state index contributed by atoms with van der Waals surface area (Å²) >= 11 is 1.35. The molecule has 0 fully saturated rings. The molecule has 4 aromatic rings. The average molecular weight is 421 g/mol. The molecule has 0 aliphatic rings. The van der Waals surface area contributed by atoms with Gasteiger partial charge >= 0.3 is 0 Å². The van der Waals surface area contributed by atoms with Gasteiger partial charge in [-0.2, -0.15) is 9.50 Å². The quantitative estimate of drug-likeness (QED) is 0.478. The highest BCUT2D eigenvalue weighted by atomic mass is 32.1. The molecule has 4 rings (SSSR count). The van der Waals surface area contributed by atoms with E-state index in [0.29, 0.717) is 27.8 Å². The summed E-state index contributed by atoms with van der Waals surface area (Å²) in [5.41, 5.74) is 2.79. The van der Waals surface area contributed by atoms with Crippen LogP contribution in [0, 0.1) is 5.92 Å². The second-order valence-electron chi connectivity index (χ2n) is 7.76. The second kappa shape index (κ2) is 8.28. The van der Waals surface area contributed by atoms with E-state index in [0.717, 1.165) is 22.6 Å². The Morgan fingerprint density at radius 3 is 2.40 bits per heavy atom. The third-order valence-electron chi connectivity index (χ3n) is 4.58. The topological polar surface area (TPSA) is 59.7 Å². The molecule has 2 aromatic carbocycles. The predicted molar refractivity (Wildman–Crippen MR) is 122 cm³/mol. The number of rotatable bonds is 6. The zero-order valence-electron chi connectivity index (χ0n) is 17.5. The van der Waals surface area contributed by atoms with Crippen molar-refractivity contribution in [1.29, 1.82) is 0 Å². The van der Waals surface area contributed by atoms with Gasteiger partial charge < -0.3 is 9.64 Å². The molecule has 0 atom stereocenters. The van der Waals surface area contributed by atoms with Crippen LogP contribution in [0.25, 0.3) is 22.4 Å². The zero-order valence-corrected chi connectivity index (χ0v) is 18.3. The maximum absolute atomic E-state index is 12.8. The molecule has 30 heavy (non-hydrogen) atoms. The number of benzene rings is 2. The first kappa shape index (κ1) is 20.1. The Hall–Kier alpha value is -3.19. The Bertz CT molecular complexity index is 1260. The largest absolute Gasteiger partial charge is 0.493 e. The molecule has 0 unspecified atom stereocenters. The molecule has 0 amide bonds. The fourth-order valence-electron chi connectivity index (χ4n) is 2.94. The van der Waals surface area contributed by atoms with E-state index in [2.05, 4.69) is 23.9 Å². The Morgan fingerprint density at radius 1 is 1.10 bits per heavy atom. The summed E-state index contributed by atoms with van der Waals surface area (Å²) in [6, 6.07) is 15.7. The minimum Gasteiger partial charge on any atom is -0.493 e. The lowest BCUT2D eigenvalue weighted by Gasteiger charge is -2.11. The van der Waals surface area contributed by atoms with Crippen LogP contribution in [0.3, 0.4) is 0 Å². The fourth-order valence-corrected chi connectivity index (χ4v) is 3.85. The fraction of sp³-hybridized carbons (Fsp3) is 0.261. The summed E-state index contributed by atoms with van der Waals surface area (Å²) < 4.78 is 7.71. The molecule has 0 bridgehead atoms. The van der Waals surface area contributed by atoms with Gasteiger partial charge in [0.1, 0.15) is 5.75 Å². The highest BCUT2D eigenvalue weighted by Crippen LogP contribution is 2.21. The number of anilines is 1. The van der Waals surface area contributed by atoms with Crippen molar-refractivity contribution in [3.63, 3.8) is 0 Å². The molecule has 6 nitrogen and oxygen atoms in total. The van der Waals surface area contributed by atoms with Gasteiger partial charge in [0.05, 0.1) is 11.1 Å². The van der Waals surface area contributed by atoms with Crippen LogP contribution in [-0.4, -0.2) is 35.3 Å². The molecule has 2 aromatic heterocycles. The number of hydrogen-bond donors (Lipinski definition) is 0. The number of aromatic nitrogens is 3. The normalized spacial score (nSPS) is 12.1. The summed E-state index contributed by atoms with van der Waals surface area (Å²) in [5, 5.41) is 4.42. The SMILES string of the molecule is CC(C)COc1ccc(-c2nc3sc(=Cc4ccc(N(C)C)cc4)c(=O)n3n2)cc1. The molecular weight excluding hydrogens is 396 g/mol. The Labute approximate surface area is 179 Å². The minimum absolute atomic E-state index is 0.151. The lowest BCUT2D eigenvalue weighted by molar-refractivity contribution is 0.271. The van der Waals surface area contributed by atoms with E-state index in [-0.39, 0.29) is 5.56 Å². The number of fused-ring (bicyclic) bond motifs is 1. The van der Waals surface area contributed by atoms with E-state index in [9.17, 15) is 4.79 Å². The lowest BCUT2D eigenvalue weighted by atomic mass is 10.2. The van der Waals surface area contributed by atoms with Gasteiger partial charge in [-0.25, -0.2) is 0 Å². The van der Waals surface area contributed by atoms with Crippen molar-refractivity contribution >= 4 is 28.1 Å². The molecule has 0 saturated heterocycles. The highest BCUT2D eigenvalue weighted by Gasteiger charge is 2.12. The van der Waals surface area contributed by atoms with Crippen molar-refractivity contribution in [1.82, 2.24) is 14.6 Å².